The maximum Gasteiger partial charge on any atom is 0.288 e. The van der Waals surface area contributed by atoms with Crippen molar-refractivity contribution in [2.75, 3.05) is 11.9 Å². The molecule has 3 heterocycles. The van der Waals surface area contributed by atoms with Crippen molar-refractivity contribution < 1.29 is 28.2 Å². The zero-order chi connectivity index (χ0) is 27.9. The molecule has 14 heteroatoms. The summed E-state index contributed by atoms with van der Waals surface area (Å²) in [5, 5.41) is 26.8. The molecule has 5 rings (SSSR count). The molecule has 0 unspecified atom stereocenters. The number of rotatable bonds is 7. The molecule has 1 atom stereocenters. The Morgan fingerprint density at radius 1 is 1.13 bits per heavy atom. The van der Waals surface area contributed by atoms with Gasteiger partial charge in [0.1, 0.15) is 27.3 Å². The zero-order valence-electron chi connectivity index (χ0n) is 20.0. The summed E-state index contributed by atoms with van der Waals surface area (Å²) in [4.78, 5) is 37.3. The van der Waals surface area contributed by atoms with Crippen molar-refractivity contribution >= 4 is 54.9 Å². The van der Waals surface area contributed by atoms with Crippen molar-refractivity contribution in [3.05, 3.63) is 87.0 Å². The maximum absolute atomic E-state index is 13.7. The average molecular weight is 568 g/mol. The van der Waals surface area contributed by atoms with Crippen LogP contribution in [0.25, 0.3) is 10.9 Å². The lowest BCUT2D eigenvalue weighted by atomic mass is 10.1. The van der Waals surface area contributed by atoms with E-state index in [1.807, 2.05) is 30.3 Å². The lowest BCUT2D eigenvalue weighted by Crippen LogP contribution is -2.47. The Morgan fingerprint density at radius 2 is 1.82 bits per heavy atom. The fourth-order valence-corrected chi connectivity index (χ4v) is 6.77. The van der Waals surface area contributed by atoms with Crippen LogP contribution in [0.5, 0.6) is 5.75 Å². The summed E-state index contributed by atoms with van der Waals surface area (Å²) >= 11 is 0.845. The smallest absolute Gasteiger partial charge is 0.288 e. The van der Waals surface area contributed by atoms with Crippen LogP contribution < -0.4 is 21.9 Å². The highest BCUT2D eigenvalue weighted by Crippen LogP contribution is 2.38. The Kier molecular flexibility index (Phi) is 6.68. The van der Waals surface area contributed by atoms with Crippen LogP contribution in [0.3, 0.4) is 0 Å². The third-order valence-electron chi connectivity index (χ3n) is 6.09. The molecule has 0 saturated heterocycles. The highest BCUT2D eigenvalue weighted by Gasteiger charge is 2.36. The van der Waals surface area contributed by atoms with E-state index in [0.717, 1.165) is 16.9 Å². The van der Waals surface area contributed by atoms with Crippen LogP contribution in [0, 0.1) is 0 Å². The van der Waals surface area contributed by atoms with Crippen LogP contribution in [0.4, 0.5) is 5.00 Å². The molecular formula is C25H21N5O7S2. The Bertz CT molecular complexity index is 1830. The lowest BCUT2D eigenvalue weighted by molar-refractivity contribution is -0.120. The van der Waals surface area contributed by atoms with E-state index in [0.29, 0.717) is 10.9 Å². The molecule has 2 aromatic heterocycles. The molecule has 6 N–H and O–H groups in total. The minimum atomic E-state index is -4.56. The number of aromatic hydroxyl groups is 1. The summed E-state index contributed by atoms with van der Waals surface area (Å²) in [5.41, 5.74) is 5.02. The van der Waals surface area contributed by atoms with E-state index in [-0.39, 0.29) is 22.7 Å². The number of hydrogen-bond donors (Lipinski definition) is 5. The number of carbonyl (C=O) groups excluding carboxylic acids is 2. The molecule has 0 spiro atoms. The van der Waals surface area contributed by atoms with E-state index in [1.165, 1.54) is 9.95 Å². The van der Waals surface area contributed by atoms with Gasteiger partial charge in [0, 0.05) is 10.8 Å². The number of nitrogens with two attached hydrogens (primary N) is 1. The Hall–Kier alpha value is -4.53. The van der Waals surface area contributed by atoms with Crippen LogP contribution in [0.2, 0.25) is 0 Å². The maximum atomic E-state index is 13.7. The monoisotopic (exact) mass is 567 g/mol. The van der Waals surface area contributed by atoms with Crippen LogP contribution in [0.15, 0.2) is 74.1 Å². The molecule has 39 heavy (non-hydrogen) atoms. The molecule has 2 amide bonds. The van der Waals surface area contributed by atoms with Gasteiger partial charge in [-0.25, -0.2) is 0 Å². The van der Waals surface area contributed by atoms with E-state index >= 15 is 0 Å². The summed E-state index contributed by atoms with van der Waals surface area (Å²) < 4.78 is 31.7. The van der Waals surface area contributed by atoms with Gasteiger partial charge in [0.25, 0.3) is 21.5 Å². The first-order valence-corrected chi connectivity index (χ1v) is 13.8. The quantitative estimate of drug-likeness (QED) is 0.218. The molecule has 0 fully saturated rings. The topological polar surface area (TPSA) is 193 Å². The Labute approximate surface area is 225 Å². The molecule has 0 saturated carbocycles. The van der Waals surface area contributed by atoms with Gasteiger partial charge in [0.15, 0.2) is 5.84 Å². The van der Waals surface area contributed by atoms with E-state index in [2.05, 4.69) is 15.0 Å². The second kappa shape index (κ2) is 9.98. The summed E-state index contributed by atoms with van der Waals surface area (Å²) in [7, 11) is -4.56. The molecule has 1 aliphatic rings. The lowest BCUT2D eigenvalue weighted by Gasteiger charge is -2.19. The molecule has 0 bridgehead atoms. The number of benzene rings is 2. The van der Waals surface area contributed by atoms with Gasteiger partial charge < -0.3 is 31.1 Å². The number of thiophene rings is 1. The molecule has 4 aromatic rings. The summed E-state index contributed by atoms with van der Waals surface area (Å²) in [6, 6.07) is 14.4. The predicted octanol–water partition coefficient (Wildman–Crippen LogP) is 0.954. The number of amides is 2. The van der Waals surface area contributed by atoms with Gasteiger partial charge in [-0.3, -0.25) is 14.4 Å². The van der Waals surface area contributed by atoms with E-state index in [1.54, 1.807) is 24.3 Å². The number of amidine groups is 1. The minimum Gasteiger partial charge on any atom is -0.506 e. The van der Waals surface area contributed by atoms with Gasteiger partial charge in [0.05, 0.1) is 24.2 Å². The number of carbonyl (C=O) groups is 2. The van der Waals surface area contributed by atoms with Gasteiger partial charge >= 0.3 is 0 Å². The number of nitrogens with one attached hydrogen (secondary N) is 2. The molecule has 1 aliphatic heterocycles. The van der Waals surface area contributed by atoms with Crippen molar-refractivity contribution in [3.63, 3.8) is 0 Å². The number of para-hydroxylation sites is 1. The Balaban J connectivity index is 1.62. The molecule has 12 nitrogen and oxygen atoms in total. The second-order valence-corrected chi connectivity index (χ2v) is 11.0. The highest BCUT2D eigenvalue weighted by atomic mass is 32.2. The first kappa shape index (κ1) is 26.1. The molecular weight excluding hydrogens is 546 g/mol. The van der Waals surface area contributed by atoms with Crippen molar-refractivity contribution in [2.24, 2.45) is 10.1 Å². The van der Waals surface area contributed by atoms with Crippen LogP contribution in [-0.4, -0.2) is 53.5 Å². The Morgan fingerprint density at radius 3 is 2.51 bits per heavy atom. The first-order valence-electron chi connectivity index (χ1n) is 11.5. The number of sulfonamides is 1. The standard InChI is InChI=1S/C25H21N5O7S2/c26-21(33)16(11-31)27-23(34)15-12-38-24-20(15)39(36,37)29-22(28-24)18-19(32)14-8-4-5-9-17(14)30(25(18)35)10-13-6-2-1-3-7-13/h1-9,12,16,31-32H,10-11H2,(H2,26,33)(H,27,34)(H,28,29)/t16-/m0/s1. The van der Waals surface area contributed by atoms with Gasteiger partial charge in [0.2, 0.25) is 5.91 Å². The number of primary amides is 1. The number of aliphatic hydroxyl groups is 1. The van der Waals surface area contributed by atoms with Gasteiger partial charge in [-0.05, 0) is 17.7 Å². The normalized spacial score (nSPS) is 14.6. The van der Waals surface area contributed by atoms with Gasteiger partial charge in [-0.2, -0.15) is 8.42 Å². The van der Waals surface area contributed by atoms with Crippen LogP contribution in [-0.2, 0) is 21.4 Å². The third kappa shape index (κ3) is 4.65. The summed E-state index contributed by atoms with van der Waals surface area (Å²) in [6.07, 6.45) is 0. The van der Waals surface area contributed by atoms with E-state index < -0.39 is 56.5 Å². The van der Waals surface area contributed by atoms with E-state index in [4.69, 9.17) is 5.73 Å². The molecule has 0 aliphatic carbocycles. The number of aromatic nitrogens is 1. The summed E-state index contributed by atoms with van der Waals surface area (Å²) in [6.45, 7) is -0.634. The number of fused-ring (bicyclic) bond motifs is 2. The van der Waals surface area contributed by atoms with Crippen molar-refractivity contribution in [1.29, 1.82) is 0 Å². The van der Waals surface area contributed by atoms with E-state index in [9.17, 15) is 33.0 Å². The van der Waals surface area contributed by atoms with Crippen LogP contribution in [0.1, 0.15) is 21.5 Å². The number of nitrogens with zero attached hydrogens (tertiary/aromatic N) is 2. The highest BCUT2D eigenvalue weighted by molar-refractivity contribution is 7.90. The zero-order valence-corrected chi connectivity index (χ0v) is 21.6. The summed E-state index contributed by atoms with van der Waals surface area (Å²) in [5.74, 6) is -2.83. The van der Waals surface area contributed by atoms with Crippen molar-refractivity contribution in [3.8, 4) is 5.75 Å². The van der Waals surface area contributed by atoms with Gasteiger partial charge in [-0.15, -0.1) is 15.7 Å². The molecule has 2 aromatic carbocycles. The minimum absolute atomic E-state index is 0.0219. The number of aliphatic hydroxyl groups excluding tert-OH is 1. The number of hydrogen-bond acceptors (Lipinski definition) is 9. The number of anilines is 1. The van der Waals surface area contributed by atoms with Gasteiger partial charge in [-0.1, -0.05) is 42.5 Å². The fraction of sp³-hybridized carbons (Fsp3) is 0.120. The molecule has 0 radical (unpaired) electrons. The largest absolute Gasteiger partial charge is 0.506 e. The van der Waals surface area contributed by atoms with Crippen molar-refractivity contribution in [2.45, 2.75) is 17.5 Å². The SMILES string of the molecule is NC(=O)[C@H](CO)NC(=O)c1csc2c1S(=O)(=O)N=C(c1c(O)c3ccccc3n(Cc3ccccc3)c1=O)N2. The first-order chi connectivity index (χ1) is 18.6. The fourth-order valence-electron chi connectivity index (χ4n) is 4.22. The molecule has 200 valence electrons. The predicted molar refractivity (Wildman–Crippen MR) is 145 cm³/mol. The second-order valence-electron chi connectivity index (χ2n) is 8.58. The average Bonchev–Trinajstić information content (AvgIpc) is 3.35. The third-order valence-corrected chi connectivity index (χ3v) is 8.48. The van der Waals surface area contributed by atoms with Crippen molar-refractivity contribution in [1.82, 2.24) is 9.88 Å². The van der Waals surface area contributed by atoms with Crippen LogP contribution >= 0.6 is 11.3 Å². The number of pyridine rings is 1.